The Balaban J connectivity index is 2.02. The van der Waals surface area contributed by atoms with Gasteiger partial charge in [0.1, 0.15) is 0 Å². The van der Waals surface area contributed by atoms with Crippen LogP contribution in [-0.2, 0) is 4.74 Å². The van der Waals surface area contributed by atoms with Gasteiger partial charge in [-0.15, -0.1) is 0 Å². The third-order valence-corrected chi connectivity index (χ3v) is 4.62. The standard InChI is InChI=1S/C25H23NO3/c1-29-25(28)26-22(18-17-19-11-5-2-6-12-19)23(20-13-7-3-8-14-20)24(27)21-15-9-4-10-16-21/h2-18,22-23H,1H3,(H,26,28)/b18-17+. The van der Waals surface area contributed by atoms with E-state index in [0.29, 0.717) is 5.56 Å². The molecular formula is C25H23NO3. The summed E-state index contributed by atoms with van der Waals surface area (Å²) in [7, 11) is 1.31. The van der Waals surface area contributed by atoms with Crippen LogP contribution in [-0.4, -0.2) is 25.0 Å². The monoisotopic (exact) mass is 385 g/mol. The molecule has 146 valence electrons. The molecule has 3 aromatic carbocycles. The van der Waals surface area contributed by atoms with E-state index in [2.05, 4.69) is 5.32 Å². The molecular weight excluding hydrogens is 362 g/mol. The van der Waals surface area contributed by atoms with Crippen molar-refractivity contribution in [3.8, 4) is 0 Å². The Morgan fingerprint density at radius 3 is 1.97 bits per heavy atom. The molecule has 2 atom stereocenters. The van der Waals surface area contributed by atoms with Crippen molar-refractivity contribution < 1.29 is 14.3 Å². The second kappa shape index (κ2) is 10.0. The minimum Gasteiger partial charge on any atom is -0.453 e. The van der Waals surface area contributed by atoms with Crippen LogP contribution in [0, 0.1) is 0 Å². The molecule has 3 rings (SSSR count). The highest BCUT2D eigenvalue weighted by atomic mass is 16.5. The minimum atomic E-state index is -0.599. The van der Waals surface area contributed by atoms with Crippen LogP contribution >= 0.6 is 0 Å². The Labute approximate surface area is 170 Å². The van der Waals surface area contributed by atoms with Gasteiger partial charge in [-0.05, 0) is 11.1 Å². The fourth-order valence-corrected chi connectivity index (χ4v) is 3.18. The van der Waals surface area contributed by atoms with Crippen LogP contribution in [0.15, 0.2) is 97.1 Å². The molecule has 0 aliphatic rings. The van der Waals surface area contributed by atoms with E-state index in [1.54, 1.807) is 12.1 Å². The summed E-state index contributed by atoms with van der Waals surface area (Å²) in [6.07, 6.45) is 3.15. The summed E-state index contributed by atoms with van der Waals surface area (Å²) in [6.45, 7) is 0. The summed E-state index contributed by atoms with van der Waals surface area (Å²) >= 11 is 0. The van der Waals surface area contributed by atoms with Crippen LogP contribution in [0.1, 0.15) is 27.4 Å². The molecule has 3 aromatic rings. The zero-order chi connectivity index (χ0) is 20.5. The number of carbonyl (C=O) groups is 2. The topological polar surface area (TPSA) is 55.4 Å². The SMILES string of the molecule is COC(=O)NC(/C=C/c1ccccc1)C(C(=O)c1ccccc1)c1ccccc1. The quantitative estimate of drug-likeness (QED) is 0.576. The number of nitrogens with one attached hydrogen (secondary N) is 1. The Morgan fingerprint density at radius 2 is 1.38 bits per heavy atom. The molecule has 0 saturated carbocycles. The van der Waals surface area contributed by atoms with Crippen molar-refractivity contribution in [1.82, 2.24) is 5.32 Å². The molecule has 0 aliphatic carbocycles. The van der Waals surface area contributed by atoms with Gasteiger partial charge in [-0.1, -0.05) is 103 Å². The molecule has 0 radical (unpaired) electrons. The number of methoxy groups -OCH3 is 1. The number of carbonyl (C=O) groups excluding carboxylic acids is 2. The van der Waals surface area contributed by atoms with Crippen molar-refractivity contribution in [3.05, 3.63) is 114 Å². The highest BCUT2D eigenvalue weighted by Gasteiger charge is 2.30. The van der Waals surface area contributed by atoms with Gasteiger partial charge in [0.15, 0.2) is 5.78 Å². The Morgan fingerprint density at radius 1 is 0.828 bits per heavy atom. The van der Waals surface area contributed by atoms with Crippen molar-refractivity contribution in [2.45, 2.75) is 12.0 Å². The van der Waals surface area contributed by atoms with Gasteiger partial charge in [-0.2, -0.15) is 0 Å². The van der Waals surface area contributed by atoms with Gasteiger partial charge in [0, 0.05) is 5.56 Å². The molecule has 0 heterocycles. The van der Waals surface area contributed by atoms with Gasteiger partial charge in [0.2, 0.25) is 0 Å². The van der Waals surface area contributed by atoms with Gasteiger partial charge in [0.25, 0.3) is 0 Å². The van der Waals surface area contributed by atoms with Crippen molar-refractivity contribution in [1.29, 1.82) is 0 Å². The minimum absolute atomic E-state index is 0.0732. The normalized spacial score (nSPS) is 12.9. The molecule has 1 N–H and O–H groups in total. The van der Waals surface area contributed by atoms with E-state index in [0.717, 1.165) is 11.1 Å². The molecule has 4 nitrogen and oxygen atoms in total. The van der Waals surface area contributed by atoms with Crippen LogP contribution in [0.25, 0.3) is 6.08 Å². The number of hydrogen-bond donors (Lipinski definition) is 1. The molecule has 1 amide bonds. The second-order valence-corrected chi connectivity index (χ2v) is 6.55. The number of rotatable bonds is 7. The van der Waals surface area contributed by atoms with E-state index in [1.165, 1.54) is 7.11 Å². The van der Waals surface area contributed by atoms with Crippen LogP contribution in [0.3, 0.4) is 0 Å². The maximum absolute atomic E-state index is 13.4. The van der Waals surface area contributed by atoms with E-state index in [4.69, 9.17) is 4.74 Å². The van der Waals surface area contributed by atoms with Crippen molar-refractivity contribution in [2.24, 2.45) is 0 Å². The third kappa shape index (κ3) is 5.42. The lowest BCUT2D eigenvalue weighted by Gasteiger charge is -2.25. The van der Waals surface area contributed by atoms with Crippen LogP contribution in [0.4, 0.5) is 4.79 Å². The predicted octanol–water partition coefficient (Wildman–Crippen LogP) is 5.09. The fourth-order valence-electron chi connectivity index (χ4n) is 3.18. The molecule has 4 heteroatoms. The number of alkyl carbamates (subject to hydrolysis) is 1. The van der Waals surface area contributed by atoms with Crippen molar-refractivity contribution in [2.75, 3.05) is 7.11 Å². The van der Waals surface area contributed by atoms with Crippen LogP contribution < -0.4 is 5.32 Å². The van der Waals surface area contributed by atoms with Gasteiger partial charge >= 0.3 is 6.09 Å². The van der Waals surface area contributed by atoms with E-state index in [1.807, 2.05) is 91.0 Å². The first-order valence-corrected chi connectivity index (χ1v) is 9.41. The number of amides is 1. The average molecular weight is 385 g/mol. The van der Waals surface area contributed by atoms with Gasteiger partial charge in [0.05, 0.1) is 19.1 Å². The Kier molecular flexibility index (Phi) is 6.95. The first-order valence-electron chi connectivity index (χ1n) is 9.41. The van der Waals surface area contributed by atoms with E-state index in [9.17, 15) is 9.59 Å². The van der Waals surface area contributed by atoms with E-state index in [-0.39, 0.29) is 5.78 Å². The Hall–Kier alpha value is -3.66. The first-order chi connectivity index (χ1) is 14.2. The highest BCUT2D eigenvalue weighted by Crippen LogP contribution is 2.26. The highest BCUT2D eigenvalue weighted by molar-refractivity contribution is 6.02. The average Bonchev–Trinajstić information content (AvgIpc) is 2.79. The van der Waals surface area contributed by atoms with Gasteiger partial charge in [-0.25, -0.2) is 4.79 Å². The number of benzene rings is 3. The number of Topliss-reactive ketones (excluding diaryl/α,β-unsaturated/α-hetero) is 1. The molecule has 0 saturated heterocycles. The maximum atomic E-state index is 13.4. The third-order valence-electron chi connectivity index (χ3n) is 4.62. The zero-order valence-electron chi connectivity index (χ0n) is 16.2. The smallest absolute Gasteiger partial charge is 0.407 e. The molecule has 0 fully saturated rings. The van der Waals surface area contributed by atoms with Crippen molar-refractivity contribution >= 4 is 18.0 Å². The second-order valence-electron chi connectivity index (χ2n) is 6.55. The summed E-state index contributed by atoms with van der Waals surface area (Å²) in [4.78, 5) is 25.5. The lowest BCUT2D eigenvalue weighted by atomic mass is 9.84. The van der Waals surface area contributed by atoms with Crippen LogP contribution in [0.5, 0.6) is 0 Å². The summed E-state index contributed by atoms with van der Waals surface area (Å²) in [5.74, 6) is -0.673. The molecule has 0 aliphatic heterocycles. The van der Waals surface area contributed by atoms with Crippen molar-refractivity contribution in [3.63, 3.8) is 0 Å². The zero-order valence-corrected chi connectivity index (χ0v) is 16.2. The largest absolute Gasteiger partial charge is 0.453 e. The molecule has 2 unspecified atom stereocenters. The number of hydrogen-bond acceptors (Lipinski definition) is 3. The first kappa shape index (κ1) is 20.1. The summed E-state index contributed by atoms with van der Waals surface area (Å²) in [5.41, 5.74) is 2.38. The lowest BCUT2D eigenvalue weighted by molar-refractivity contribution is 0.0946. The molecule has 0 spiro atoms. The Bertz CT molecular complexity index is 953. The summed E-state index contributed by atoms with van der Waals surface area (Å²) in [6, 6.07) is 27.7. The van der Waals surface area contributed by atoms with Crippen LogP contribution in [0.2, 0.25) is 0 Å². The number of ketones is 1. The predicted molar refractivity (Wildman–Crippen MR) is 115 cm³/mol. The molecule has 29 heavy (non-hydrogen) atoms. The van der Waals surface area contributed by atoms with E-state index >= 15 is 0 Å². The summed E-state index contributed by atoms with van der Waals surface area (Å²) in [5, 5.41) is 2.82. The van der Waals surface area contributed by atoms with E-state index < -0.39 is 18.1 Å². The number of ether oxygens (including phenoxy) is 1. The lowest BCUT2D eigenvalue weighted by Crippen LogP contribution is -2.40. The fraction of sp³-hybridized carbons (Fsp3) is 0.120. The molecule has 0 aromatic heterocycles. The van der Waals surface area contributed by atoms with Gasteiger partial charge in [-0.3, -0.25) is 4.79 Å². The summed E-state index contributed by atoms with van der Waals surface area (Å²) < 4.78 is 4.81. The molecule has 0 bridgehead atoms. The maximum Gasteiger partial charge on any atom is 0.407 e. The van der Waals surface area contributed by atoms with Gasteiger partial charge < -0.3 is 10.1 Å².